The number of H-pyrrole nitrogens is 1. The maximum absolute atomic E-state index is 13.4. The summed E-state index contributed by atoms with van der Waals surface area (Å²) in [5.41, 5.74) is 4.89. The molecule has 6 rings (SSSR count). The molecular formula is C31H23F3N5S+. The Morgan fingerprint density at radius 1 is 0.825 bits per heavy atom. The van der Waals surface area contributed by atoms with Crippen LogP contribution in [0.4, 0.5) is 19.0 Å². The predicted octanol–water partition coefficient (Wildman–Crippen LogP) is 7.77. The van der Waals surface area contributed by atoms with Gasteiger partial charge in [0.1, 0.15) is 6.20 Å². The van der Waals surface area contributed by atoms with Crippen molar-refractivity contribution in [3.05, 3.63) is 127 Å². The number of aromatic nitrogens is 4. The third-order valence-electron chi connectivity index (χ3n) is 6.50. The zero-order valence-electron chi connectivity index (χ0n) is 21.1. The van der Waals surface area contributed by atoms with Gasteiger partial charge < -0.3 is 4.57 Å². The largest absolute Gasteiger partial charge is 0.417 e. The first-order chi connectivity index (χ1) is 19.5. The molecule has 0 saturated heterocycles. The number of nitrogens with one attached hydrogen (secondary N) is 2. The van der Waals surface area contributed by atoms with Crippen molar-refractivity contribution in [3.63, 3.8) is 0 Å². The molecule has 5 nitrogen and oxygen atoms in total. The van der Waals surface area contributed by atoms with Gasteiger partial charge in [0.2, 0.25) is 0 Å². The highest BCUT2D eigenvalue weighted by molar-refractivity contribution is 8.00. The van der Waals surface area contributed by atoms with Crippen molar-refractivity contribution in [2.24, 2.45) is 0 Å². The zero-order valence-corrected chi connectivity index (χ0v) is 21.9. The molecule has 0 aliphatic carbocycles. The molecule has 0 atom stereocenters. The van der Waals surface area contributed by atoms with Crippen LogP contribution in [0.25, 0.3) is 33.5 Å². The van der Waals surface area contributed by atoms with Gasteiger partial charge in [0.05, 0.1) is 40.0 Å². The van der Waals surface area contributed by atoms with E-state index in [0.29, 0.717) is 18.1 Å². The normalized spacial score (nSPS) is 11.6. The van der Waals surface area contributed by atoms with Crippen molar-refractivity contribution in [1.82, 2.24) is 14.5 Å². The number of halogens is 3. The molecule has 9 heteroatoms. The molecule has 0 saturated carbocycles. The maximum Gasteiger partial charge on any atom is 0.417 e. The molecule has 0 radical (unpaired) electrons. The van der Waals surface area contributed by atoms with Crippen molar-refractivity contribution >= 4 is 28.7 Å². The topological polar surface area (TPSA) is 56.9 Å². The van der Waals surface area contributed by atoms with Crippen LogP contribution in [0.1, 0.15) is 11.1 Å². The Bertz CT molecular complexity index is 1770. The Hall–Kier alpha value is -4.63. The van der Waals surface area contributed by atoms with Gasteiger partial charge in [-0.3, -0.25) is 4.98 Å². The maximum atomic E-state index is 13.4. The van der Waals surface area contributed by atoms with Gasteiger partial charge in [-0.15, -0.1) is 0 Å². The summed E-state index contributed by atoms with van der Waals surface area (Å²) in [6.45, 7) is 0.642. The highest BCUT2D eigenvalue weighted by Crippen LogP contribution is 2.37. The van der Waals surface area contributed by atoms with Crippen LogP contribution in [0.15, 0.2) is 121 Å². The minimum Gasteiger partial charge on any atom is -0.335 e. The van der Waals surface area contributed by atoms with E-state index in [9.17, 15) is 13.2 Å². The van der Waals surface area contributed by atoms with Crippen molar-refractivity contribution in [2.75, 3.05) is 4.72 Å². The fourth-order valence-electron chi connectivity index (χ4n) is 4.62. The van der Waals surface area contributed by atoms with Gasteiger partial charge in [0.15, 0.2) is 5.69 Å². The summed E-state index contributed by atoms with van der Waals surface area (Å²) in [7, 11) is 0. The minimum absolute atomic E-state index is 0.0798. The minimum atomic E-state index is -4.44. The fourth-order valence-corrected chi connectivity index (χ4v) is 5.42. The second kappa shape index (κ2) is 10.9. The SMILES string of the molecule is FC(F)(F)c1ccccc1SNc1[nH+]ccnc1-c1ccc(Cn2c(-c3ccccn3)cc3ccccc32)cc1. The van der Waals surface area contributed by atoms with E-state index in [1.165, 1.54) is 12.1 Å². The molecule has 0 aliphatic rings. The zero-order chi connectivity index (χ0) is 27.5. The van der Waals surface area contributed by atoms with Crippen LogP contribution in [-0.4, -0.2) is 14.5 Å². The Balaban J connectivity index is 1.27. The van der Waals surface area contributed by atoms with Gasteiger partial charge in [0.25, 0.3) is 0 Å². The molecule has 6 aromatic rings. The second-order valence-corrected chi connectivity index (χ2v) is 9.95. The fraction of sp³-hybridized carbons (Fsp3) is 0.0645. The van der Waals surface area contributed by atoms with Crippen LogP contribution in [-0.2, 0) is 12.7 Å². The number of hydrogen-bond acceptors (Lipinski definition) is 4. The Kier molecular flexibility index (Phi) is 6.96. The first-order valence-corrected chi connectivity index (χ1v) is 13.3. The lowest BCUT2D eigenvalue weighted by molar-refractivity contribution is -0.360. The van der Waals surface area contributed by atoms with E-state index in [-0.39, 0.29) is 4.90 Å². The average molecular weight is 555 g/mol. The van der Waals surface area contributed by atoms with E-state index in [2.05, 4.69) is 42.4 Å². The number of rotatable bonds is 7. The second-order valence-electron chi connectivity index (χ2n) is 9.10. The first-order valence-electron chi connectivity index (χ1n) is 12.5. The Morgan fingerprint density at radius 3 is 2.40 bits per heavy atom. The summed E-state index contributed by atoms with van der Waals surface area (Å²) in [4.78, 5) is 12.2. The van der Waals surface area contributed by atoms with Crippen LogP contribution < -0.4 is 9.71 Å². The molecule has 0 spiro atoms. The molecule has 198 valence electrons. The molecule has 3 heterocycles. The summed E-state index contributed by atoms with van der Waals surface area (Å²) in [5, 5.41) is 1.14. The molecule has 0 unspecified atom stereocenters. The number of alkyl halides is 3. The van der Waals surface area contributed by atoms with E-state index in [0.717, 1.165) is 51.4 Å². The lowest BCUT2D eigenvalue weighted by atomic mass is 10.1. The third kappa shape index (κ3) is 5.28. The van der Waals surface area contributed by atoms with Gasteiger partial charge in [-0.25, -0.2) is 14.7 Å². The van der Waals surface area contributed by atoms with E-state index in [1.807, 2.05) is 54.6 Å². The van der Waals surface area contributed by atoms with Crippen LogP contribution in [0.2, 0.25) is 0 Å². The third-order valence-corrected chi connectivity index (χ3v) is 7.39. The standard InChI is InChI=1S/C31H22F3N5S/c32-31(33,34)24-8-2-4-11-28(24)40-38-30-29(36-17-18-37-30)22-14-12-21(13-15-22)20-39-26-10-3-1-7-23(26)19-27(39)25-9-5-6-16-35-25/h1-19H,20H2,(H,37,38)/p+1. The summed E-state index contributed by atoms with van der Waals surface area (Å²) in [5.74, 6) is 0.506. The van der Waals surface area contributed by atoms with Gasteiger partial charge in [-0.05, 0) is 42.0 Å². The van der Waals surface area contributed by atoms with Gasteiger partial charge in [-0.1, -0.05) is 60.7 Å². The van der Waals surface area contributed by atoms with Crippen LogP contribution in [0.5, 0.6) is 0 Å². The number of para-hydroxylation sites is 1. The molecule has 0 fully saturated rings. The predicted molar refractivity (Wildman–Crippen MR) is 151 cm³/mol. The summed E-state index contributed by atoms with van der Waals surface area (Å²) in [6, 6.07) is 29.8. The number of anilines is 1. The summed E-state index contributed by atoms with van der Waals surface area (Å²) >= 11 is 0.892. The first kappa shape index (κ1) is 25.6. The van der Waals surface area contributed by atoms with Crippen molar-refractivity contribution in [3.8, 4) is 22.6 Å². The quantitative estimate of drug-likeness (QED) is 0.205. The van der Waals surface area contributed by atoms with E-state index in [4.69, 9.17) is 0 Å². The van der Waals surface area contributed by atoms with E-state index in [1.54, 1.807) is 24.7 Å². The van der Waals surface area contributed by atoms with Crippen molar-refractivity contribution in [1.29, 1.82) is 0 Å². The Morgan fingerprint density at radius 2 is 1.60 bits per heavy atom. The highest BCUT2D eigenvalue weighted by Gasteiger charge is 2.34. The molecule has 0 aliphatic heterocycles. The van der Waals surface area contributed by atoms with E-state index >= 15 is 0 Å². The van der Waals surface area contributed by atoms with E-state index < -0.39 is 11.7 Å². The van der Waals surface area contributed by atoms with Crippen LogP contribution >= 0.6 is 11.9 Å². The molecule has 0 amide bonds. The summed E-state index contributed by atoms with van der Waals surface area (Å²) in [6.07, 6.45) is 0.603. The number of fused-ring (bicyclic) bond motifs is 1. The molecule has 3 aromatic carbocycles. The number of aromatic amines is 1. The van der Waals surface area contributed by atoms with Crippen molar-refractivity contribution in [2.45, 2.75) is 17.6 Å². The molecule has 2 N–H and O–H groups in total. The monoisotopic (exact) mass is 554 g/mol. The molecule has 3 aromatic heterocycles. The number of benzene rings is 3. The molecule has 40 heavy (non-hydrogen) atoms. The number of hydrogen-bond donors (Lipinski definition) is 1. The number of nitrogens with zero attached hydrogens (tertiary/aromatic N) is 3. The van der Waals surface area contributed by atoms with Gasteiger partial charge in [0, 0.05) is 29.2 Å². The average Bonchev–Trinajstić information content (AvgIpc) is 3.35. The van der Waals surface area contributed by atoms with Crippen LogP contribution in [0, 0.1) is 0 Å². The smallest absolute Gasteiger partial charge is 0.335 e. The number of pyridine rings is 1. The lowest BCUT2D eigenvalue weighted by Gasteiger charge is -2.12. The summed E-state index contributed by atoms with van der Waals surface area (Å²) < 4.78 is 45.6. The highest BCUT2D eigenvalue weighted by atomic mass is 32.2. The van der Waals surface area contributed by atoms with Crippen molar-refractivity contribution < 1.29 is 18.2 Å². The molecular weight excluding hydrogens is 531 g/mol. The Labute approximate surface area is 232 Å². The lowest BCUT2D eigenvalue weighted by Crippen LogP contribution is -2.12. The van der Waals surface area contributed by atoms with Gasteiger partial charge >= 0.3 is 12.0 Å². The molecule has 0 bridgehead atoms. The van der Waals surface area contributed by atoms with Gasteiger partial charge in [-0.2, -0.15) is 13.2 Å². The van der Waals surface area contributed by atoms with Crippen LogP contribution in [0.3, 0.4) is 0 Å².